The molecular formula is C18H17ClN2O3S. The van der Waals surface area contributed by atoms with Gasteiger partial charge in [0.2, 0.25) is 0 Å². The normalized spacial score (nSPS) is 15.8. The lowest BCUT2D eigenvalue weighted by atomic mass is 10.1. The number of carbonyl (C=O) groups excluding carboxylic acids is 1. The Balaban J connectivity index is 1.69. The van der Waals surface area contributed by atoms with Gasteiger partial charge in [-0.2, -0.15) is 0 Å². The van der Waals surface area contributed by atoms with Crippen molar-refractivity contribution in [2.75, 3.05) is 7.05 Å². The number of nitrogens with zero attached hydrogens (tertiary/aromatic N) is 1. The van der Waals surface area contributed by atoms with E-state index in [1.54, 1.807) is 19.2 Å². The summed E-state index contributed by atoms with van der Waals surface area (Å²) in [6.45, 7) is 4.16. The van der Waals surface area contributed by atoms with Crippen molar-refractivity contribution in [2.24, 2.45) is 0 Å². The van der Waals surface area contributed by atoms with Crippen molar-refractivity contribution < 1.29 is 13.9 Å². The van der Waals surface area contributed by atoms with Gasteiger partial charge in [0, 0.05) is 18.1 Å². The van der Waals surface area contributed by atoms with Crippen molar-refractivity contribution in [2.45, 2.75) is 20.5 Å². The Morgan fingerprint density at radius 2 is 2.00 bits per heavy atom. The Kier molecular flexibility index (Phi) is 4.83. The van der Waals surface area contributed by atoms with Crippen LogP contribution in [-0.4, -0.2) is 23.0 Å². The average molecular weight is 377 g/mol. The summed E-state index contributed by atoms with van der Waals surface area (Å²) in [6.07, 6.45) is 1.62. The monoisotopic (exact) mass is 376 g/mol. The van der Waals surface area contributed by atoms with E-state index < -0.39 is 0 Å². The van der Waals surface area contributed by atoms with Crippen LogP contribution in [0.4, 0.5) is 0 Å². The van der Waals surface area contributed by atoms with Crippen LogP contribution in [0, 0.1) is 13.8 Å². The van der Waals surface area contributed by atoms with E-state index >= 15 is 0 Å². The molecule has 130 valence electrons. The van der Waals surface area contributed by atoms with E-state index in [1.807, 2.05) is 32.0 Å². The minimum atomic E-state index is -0.189. The molecule has 7 heteroatoms. The third-order valence-electron chi connectivity index (χ3n) is 3.84. The largest absolute Gasteiger partial charge is 0.486 e. The fourth-order valence-electron chi connectivity index (χ4n) is 2.46. The Morgan fingerprint density at radius 3 is 2.60 bits per heavy atom. The predicted octanol–water partition coefficient (Wildman–Crippen LogP) is 3.82. The first-order chi connectivity index (χ1) is 11.8. The topological polar surface area (TPSA) is 54.7 Å². The van der Waals surface area contributed by atoms with Crippen molar-refractivity contribution >= 4 is 40.9 Å². The second kappa shape index (κ2) is 6.90. The summed E-state index contributed by atoms with van der Waals surface area (Å²) < 4.78 is 11.5. The number of amides is 1. The van der Waals surface area contributed by atoms with Crippen LogP contribution in [0.3, 0.4) is 0 Å². The number of aryl methyl sites for hydroxylation is 2. The molecule has 0 radical (unpaired) electrons. The number of likely N-dealkylation sites (N-methyl/N-ethyl adjacent to an activating group) is 1. The van der Waals surface area contributed by atoms with Gasteiger partial charge in [-0.15, -0.1) is 0 Å². The summed E-state index contributed by atoms with van der Waals surface area (Å²) in [5, 5.41) is 3.97. The lowest BCUT2D eigenvalue weighted by Crippen LogP contribution is -2.25. The van der Waals surface area contributed by atoms with E-state index in [-0.39, 0.29) is 12.5 Å². The number of thiocarbonyl (C=S) groups is 1. The van der Waals surface area contributed by atoms with E-state index in [0.29, 0.717) is 22.3 Å². The van der Waals surface area contributed by atoms with Crippen LogP contribution in [-0.2, 0) is 11.4 Å². The standard InChI is InChI=1S/C18H17ClN2O3S/c1-10-6-14(7-11(2)16(10)19)23-9-13-5-4-12(24-13)8-15-17(22)21(3)18(25)20-15/h4-8H,9H2,1-3H3,(H,20,25)/b15-8+. The molecule has 1 aliphatic rings. The van der Waals surface area contributed by atoms with E-state index in [1.165, 1.54) is 4.90 Å². The molecular weight excluding hydrogens is 360 g/mol. The van der Waals surface area contributed by atoms with Crippen molar-refractivity contribution in [3.05, 3.63) is 57.6 Å². The smallest absolute Gasteiger partial charge is 0.276 e. The van der Waals surface area contributed by atoms with E-state index in [0.717, 1.165) is 21.9 Å². The number of rotatable bonds is 4. The van der Waals surface area contributed by atoms with Gasteiger partial charge in [0.1, 0.15) is 29.6 Å². The lowest BCUT2D eigenvalue weighted by Gasteiger charge is -2.08. The highest BCUT2D eigenvalue weighted by Gasteiger charge is 2.27. The van der Waals surface area contributed by atoms with E-state index in [4.69, 9.17) is 33.0 Å². The van der Waals surface area contributed by atoms with Gasteiger partial charge in [-0.05, 0) is 61.5 Å². The Morgan fingerprint density at radius 1 is 1.32 bits per heavy atom. The van der Waals surface area contributed by atoms with Gasteiger partial charge in [0.15, 0.2) is 5.11 Å². The molecule has 0 atom stereocenters. The molecule has 0 unspecified atom stereocenters. The zero-order chi connectivity index (χ0) is 18.1. The van der Waals surface area contributed by atoms with E-state index in [2.05, 4.69) is 5.32 Å². The van der Waals surface area contributed by atoms with Crippen LogP contribution in [0.5, 0.6) is 5.75 Å². The summed E-state index contributed by atoms with van der Waals surface area (Å²) in [4.78, 5) is 13.3. The van der Waals surface area contributed by atoms with Gasteiger partial charge in [-0.3, -0.25) is 9.69 Å². The fourth-order valence-corrected chi connectivity index (χ4v) is 2.76. The zero-order valence-corrected chi connectivity index (χ0v) is 15.6. The maximum absolute atomic E-state index is 12.0. The minimum Gasteiger partial charge on any atom is -0.486 e. The van der Waals surface area contributed by atoms with Gasteiger partial charge in [-0.25, -0.2) is 0 Å². The maximum Gasteiger partial charge on any atom is 0.276 e. The molecule has 1 saturated heterocycles. The molecule has 0 spiro atoms. The molecule has 0 saturated carbocycles. The summed E-state index contributed by atoms with van der Waals surface area (Å²) in [5.74, 6) is 1.75. The van der Waals surface area contributed by atoms with Crippen molar-refractivity contribution in [3.63, 3.8) is 0 Å². The highest BCUT2D eigenvalue weighted by atomic mass is 35.5. The number of benzene rings is 1. The minimum absolute atomic E-state index is 0.189. The van der Waals surface area contributed by atoms with Crippen LogP contribution < -0.4 is 10.1 Å². The molecule has 0 bridgehead atoms. The quantitative estimate of drug-likeness (QED) is 0.649. The average Bonchev–Trinajstić information content (AvgIpc) is 3.11. The Bertz CT molecular complexity index is 865. The van der Waals surface area contributed by atoms with Gasteiger partial charge >= 0.3 is 0 Å². The molecule has 1 fully saturated rings. The van der Waals surface area contributed by atoms with Crippen LogP contribution in [0.25, 0.3) is 6.08 Å². The molecule has 25 heavy (non-hydrogen) atoms. The zero-order valence-electron chi connectivity index (χ0n) is 14.1. The highest BCUT2D eigenvalue weighted by molar-refractivity contribution is 7.80. The molecule has 1 aliphatic heterocycles. The maximum atomic E-state index is 12.0. The Labute approximate surface area is 156 Å². The number of nitrogens with one attached hydrogen (secondary N) is 1. The molecule has 5 nitrogen and oxygen atoms in total. The molecule has 2 heterocycles. The number of hydrogen-bond acceptors (Lipinski definition) is 4. The van der Waals surface area contributed by atoms with Gasteiger partial charge in [0.05, 0.1) is 0 Å². The first kappa shape index (κ1) is 17.5. The number of hydrogen-bond donors (Lipinski definition) is 1. The van der Waals surface area contributed by atoms with Crippen molar-refractivity contribution in [1.29, 1.82) is 0 Å². The van der Waals surface area contributed by atoms with Crippen LogP contribution >= 0.6 is 23.8 Å². The van der Waals surface area contributed by atoms with Gasteiger partial charge < -0.3 is 14.5 Å². The molecule has 1 N–H and O–H groups in total. The van der Waals surface area contributed by atoms with Crippen LogP contribution in [0.2, 0.25) is 5.02 Å². The Hall–Kier alpha value is -2.31. The number of ether oxygens (including phenoxy) is 1. The molecule has 1 amide bonds. The second-order valence-electron chi connectivity index (χ2n) is 5.82. The molecule has 0 aliphatic carbocycles. The summed E-state index contributed by atoms with van der Waals surface area (Å²) in [5.41, 5.74) is 2.32. The van der Waals surface area contributed by atoms with Crippen LogP contribution in [0.1, 0.15) is 22.6 Å². The van der Waals surface area contributed by atoms with Crippen molar-refractivity contribution in [1.82, 2.24) is 10.2 Å². The molecule has 1 aromatic heterocycles. The van der Waals surface area contributed by atoms with Gasteiger partial charge in [0.25, 0.3) is 5.91 Å². The van der Waals surface area contributed by atoms with Gasteiger partial charge in [-0.1, -0.05) is 11.6 Å². The third kappa shape index (κ3) is 3.70. The molecule has 3 rings (SSSR count). The first-order valence-electron chi connectivity index (χ1n) is 7.64. The second-order valence-corrected chi connectivity index (χ2v) is 6.58. The fraction of sp³-hybridized carbons (Fsp3) is 0.222. The number of halogens is 1. The SMILES string of the molecule is Cc1cc(OCc2ccc(/C=C3/NC(=S)N(C)C3=O)o2)cc(C)c1Cl. The molecule has 2 aromatic rings. The summed E-state index contributed by atoms with van der Waals surface area (Å²) in [6, 6.07) is 7.36. The number of carbonyl (C=O) groups is 1. The third-order valence-corrected chi connectivity index (χ3v) is 4.81. The van der Waals surface area contributed by atoms with E-state index in [9.17, 15) is 4.79 Å². The number of furan rings is 1. The summed E-state index contributed by atoms with van der Waals surface area (Å²) in [7, 11) is 1.62. The predicted molar refractivity (Wildman–Crippen MR) is 100 cm³/mol. The first-order valence-corrected chi connectivity index (χ1v) is 8.43. The highest BCUT2D eigenvalue weighted by Crippen LogP contribution is 2.26. The lowest BCUT2D eigenvalue weighted by molar-refractivity contribution is -0.121. The van der Waals surface area contributed by atoms with Crippen LogP contribution in [0.15, 0.2) is 34.4 Å². The summed E-state index contributed by atoms with van der Waals surface area (Å²) >= 11 is 11.2. The molecule has 1 aromatic carbocycles. The van der Waals surface area contributed by atoms with Crippen molar-refractivity contribution in [3.8, 4) is 5.75 Å².